The number of amides is 1. The maximum Gasteiger partial charge on any atom is 1.00 e. The Labute approximate surface area is 225 Å². The van der Waals surface area contributed by atoms with Crippen LogP contribution in [-0.2, 0) is 9.53 Å². The first-order chi connectivity index (χ1) is 15.8. The molecule has 3 rings (SSSR count). The smallest absolute Gasteiger partial charge is 1.00 e. The largest absolute Gasteiger partial charge is 1.00 e. The topological polar surface area (TPSA) is 88.8 Å². The number of hydrogen-bond acceptors (Lipinski definition) is 5. The number of carboxylic acids is 1. The summed E-state index contributed by atoms with van der Waals surface area (Å²) in [7, 11) is 1.60. The molecule has 0 spiro atoms. The minimum absolute atomic E-state index is 0. The summed E-state index contributed by atoms with van der Waals surface area (Å²) in [6, 6.07) is 15.8. The van der Waals surface area contributed by atoms with E-state index in [2.05, 4.69) is 21.2 Å². The molecule has 176 valence electrons. The average molecular weight is 540 g/mol. The maximum atomic E-state index is 13.2. The predicted octanol–water partition coefficient (Wildman–Crippen LogP) is 2.81. The third-order valence-corrected chi connectivity index (χ3v) is 6.40. The van der Waals surface area contributed by atoms with Gasteiger partial charge in [0.2, 0.25) is 0 Å². The number of halogens is 1. The molecule has 9 heteroatoms. The minimum Gasteiger partial charge on any atom is -1.00 e. The quantitative estimate of drug-likeness (QED) is 0.385. The number of carbonyl (C=O) groups is 2. The van der Waals surface area contributed by atoms with Gasteiger partial charge >= 0.3 is 24.8 Å². The molecule has 0 saturated carbocycles. The van der Waals surface area contributed by atoms with Crippen LogP contribution in [-0.4, -0.2) is 42.1 Å². The Morgan fingerprint density at radius 2 is 1.91 bits per heavy atom. The number of methoxy groups -OCH3 is 1. The van der Waals surface area contributed by atoms with Gasteiger partial charge in [-0.15, -0.1) is 0 Å². The monoisotopic (exact) mass is 539 g/mol. The number of carbonyl (C=O) groups excluding carboxylic acids is 1. The first kappa shape index (κ1) is 28.3. The molecule has 1 aromatic heterocycles. The van der Waals surface area contributed by atoms with Gasteiger partial charge < -0.3 is 21.0 Å². The summed E-state index contributed by atoms with van der Waals surface area (Å²) in [5.41, 5.74) is 3.79. The number of aryl methyl sites for hydroxylation is 1. The second-order valence-corrected chi connectivity index (χ2v) is 9.29. The van der Waals surface area contributed by atoms with E-state index in [1.807, 2.05) is 49.6 Å². The number of hydrogen-bond donors (Lipinski definition) is 2. The zero-order valence-electron chi connectivity index (χ0n) is 20.6. The van der Waals surface area contributed by atoms with Crippen LogP contribution in [0, 0.1) is 6.92 Å². The fourth-order valence-electron chi connectivity index (χ4n) is 3.64. The van der Waals surface area contributed by atoms with Gasteiger partial charge in [0.1, 0.15) is 17.9 Å². The number of benzene rings is 2. The van der Waals surface area contributed by atoms with E-state index in [1.165, 1.54) is 11.8 Å². The molecule has 0 bridgehead atoms. The molecule has 0 radical (unpaired) electrons. The Morgan fingerprint density at radius 3 is 2.50 bits per heavy atom. The van der Waals surface area contributed by atoms with Gasteiger partial charge in [0.15, 0.2) is 4.67 Å². The summed E-state index contributed by atoms with van der Waals surface area (Å²) >= 11 is 4.86. The molecule has 3 aromatic rings. The summed E-state index contributed by atoms with van der Waals surface area (Å²) in [6.45, 7) is 1.97. The number of aliphatic carboxylic acids is 1. The van der Waals surface area contributed by atoms with Crippen molar-refractivity contribution in [1.82, 2.24) is 5.32 Å². The summed E-state index contributed by atoms with van der Waals surface area (Å²) in [5, 5.41) is 12.2. The van der Waals surface area contributed by atoms with Crippen LogP contribution in [0.4, 0.5) is 0 Å². The van der Waals surface area contributed by atoms with Crippen molar-refractivity contribution < 1.29 is 44.1 Å². The van der Waals surface area contributed by atoms with Gasteiger partial charge in [-0.3, -0.25) is 4.79 Å². The second-order valence-electron chi connectivity index (χ2n) is 7.52. The normalized spacial score (nSPS) is 12.5. The molecule has 0 aliphatic carbocycles. The molecular formula is C25H27BrLiNO5S. The Kier molecular flexibility index (Phi) is 11.0. The van der Waals surface area contributed by atoms with E-state index in [-0.39, 0.29) is 20.3 Å². The van der Waals surface area contributed by atoms with Gasteiger partial charge in [-0.2, -0.15) is 11.8 Å². The fraction of sp³-hybridized carbons (Fsp3) is 0.280. The summed E-state index contributed by atoms with van der Waals surface area (Å²) < 4.78 is 12.0. The van der Waals surface area contributed by atoms with Crippen LogP contribution in [0.5, 0.6) is 0 Å². The second kappa shape index (κ2) is 13.2. The summed E-state index contributed by atoms with van der Waals surface area (Å²) in [6.07, 6.45) is 1.78. The molecule has 0 aliphatic heterocycles. The van der Waals surface area contributed by atoms with E-state index in [0.29, 0.717) is 33.7 Å². The molecule has 2 N–H and O–H groups in total. The number of nitrogens with one attached hydrogen (secondary N) is 1. The SMILES string of the molecule is COC(c1ccc(C(=O)NC(CCSC)C(=O)O)c(-c2ccccc2C)c1)c1ccc(Br)o1.[H-].[Li+]. The van der Waals surface area contributed by atoms with Crippen LogP contribution in [0.25, 0.3) is 11.1 Å². The number of carboxylic acid groups (broad SMARTS) is 1. The summed E-state index contributed by atoms with van der Waals surface area (Å²) in [5.74, 6) is -0.215. The summed E-state index contributed by atoms with van der Waals surface area (Å²) in [4.78, 5) is 24.9. The van der Waals surface area contributed by atoms with E-state index in [1.54, 1.807) is 25.3 Å². The van der Waals surface area contributed by atoms with Crippen molar-refractivity contribution in [2.24, 2.45) is 0 Å². The molecule has 0 aliphatic rings. The number of furan rings is 1. The van der Waals surface area contributed by atoms with Crippen molar-refractivity contribution in [3.8, 4) is 11.1 Å². The Balaban J connectivity index is 0.00000306. The van der Waals surface area contributed by atoms with Crippen molar-refractivity contribution in [2.75, 3.05) is 19.1 Å². The molecule has 0 fully saturated rings. The van der Waals surface area contributed by atoms with Crippen molar-refractivity contribution in [1.29, 1.82) is 0 Å². The number of thioether (sulfide) groups is 1. The van der Waals surface area contributed by atoms with Crippen LogP contribution >= 0.6 is 27.7 Å². The van der Waals surface area contributed by atoms with E-state index in [9.17, 15) is 14.7 Å². The number of ether oxygens (including phenoxy) is 1. The molecule has 0 saturated heterocycles. The van der Waals surface area contributed by atoms with Crippen LogP contribution in [0.1, 0.15) is 41.2 Å². The van der Waals surface area contributed by atoms with Gasteiger partial charge in [0.05, 0.1) is 0 Å². The molecule has 2 aromatic carbocycles. The molecular weight excluding hydrogens is 513 g/mol. The van der Waals surface area contributed by atoms with Crippen molar-refractivity contribution in [3.05, 3.63) is 81.7 Å². The standard InChI is InChI=1S/C25H26BrNO5S.Li.H/c1-15-6-4-5-7-17(15)19-14-16(23(31-2)21-10-11-22(26)32-21)8-9-18(19)24(28)27-20(25(29)30)12-13-33-3;;/h4-11,14,20,23H,12-13H2,1-3H3,(H,27,28)(H,29,30);;/q;+1;-1. The third-order valence-electron chi connectivity index (χ3n) is 5.33. The molecule has 1 heterocycles. The van der Waals surface area contributed by atoms with Gasteiger partial charge in [0.25, 0.3) is 5.91 Å². The Hall–Kier alpha value is -1.95. The minimum atomic E-state index is -1.05. The van der Waals surface area contributed by atoms with Crippen LogP contribution in [0.2, 0.25) is 0 Å². The molecule has 34 heavy (non-hydrogen) atoms. The maximum absolute atomic E-state index is 13.2. The Morgan fingerprint density at radius 1 is 1.18 bits per heavy atom. The van der Waals surface area contributed by atoms with Gasteiger partial charge in [-0.05, 0) is 87.8 Å². The molecule has 2 atom stereocenters. The zero-order chi connectivity index (χ0) is 24.0. The molecule has 6 nitrogen and oxygen atoms in total. The van der Waals surface area contributed by atoms with E-state index in [4.69, 9.17) is 9.15 Å². The third kappa shape index (κ3) is 6.80. The van der Waals surface area contributed by atoms with Crippen LogP contribution in [0.15, 0.2) is 63.7 Å². The van der Waals surface area contributed by atoms with Crippen LogP contribution < -0.4 is 24.2 Å². The number of rotatable bonds is 10. The van der Waals surface area contributed by atoms with E-state index < -0.39 is 24.0 Å². The predicted molar refractivity (Wildman–Crippen MR) is 135 cm³/mol. The van der Waals surface area contributed by atoms with Gasteiger partial charge in [-0.25, -0.2) is 4.79 Å². The zero-order valence-corrected chi connectivity index (χ0v) is 22.0. The first-order valence-corrected chi connectivity index (χ1v) is 12.5. The van der Waals surface area contributed by atoms with E-state index >= 15 is 0 Å². The van der Waals surface area contributed by atoms with Crippen molar-refractivity contribution in [3.63, 3.8) is 0 Å². The van der Waals surface area contributed by atoms with Crippen molar-refractivity contribution >= 4 is 39.6 Å². The first-order valence-electron chi connectivity index (χ1n) is 10.4. The van der Waals surface area contributed by atoms with Gasteiger partial charge in [-0.1, -0.05) is 30.3 Å². The molecule has 1 amide bonds. The van der Waals surface area contributed by atoms with Crippen molar-refractivity contribution in [2.45, 2.75) is 25.5 Å². The molecule has 2 unspecified atom stereocenters. The van der Waals surface area contributed by atoms with Crippen LogP contribution in [0.3, 0.4) is 0 Å². The van der Waals surface area contributed by atoms with Gasteiger partial charge in [0, 0.05) is 12.7 Å². The fourth-order valence-corrected chi connectivity index (χ4v) is 4.43. The Bertz CT molecular complexity index is 1140. The van der Waals surface area contributed by atoms with E-state index in [0.717, 1.165) is 16.7 Å². The average Bonchev–Trinajstić information content (AvgIpc) is 3.22.